The number of hydrogen-bond acceptors (Lipinski definition) is 4. The van der Waals surface area contributed by atoms with Gasteiger partial charge in [0.05, 0.1) is 11.8 Å². The third-order valence-electron chi connectivity index (χ3n) is 3.15. The Balaban J connectivity index is 1.62. The van der Waals surface area contributed by atoms with Gasteiger partial charge in [-0.3, -0.25) is 0 Å². The molecular weight excluding hydrogens is 268 g/mol. The van der Waals surface area contributed by atoms with Gasteiger partial charge in [0, 0.05) is 18.8 Å². The summed E-state index contributed by atoms with van der Waals surface area (Å²) >= 11 is 0. The van der Waals surface area contributed by atoms with Gasteiger partial charge in [0.15, 0.2) is 5.65 Å². The fourth-order valence-corrected chi connectivity index (χ4v) is 2.11. The molecule has 0 bridgehead atoms. The molecule has 0 saturated carbocycles. The lowest BCUT2D eigenvalue weighted by Gasteiger charge is -2.06. The van der Waals surface area contributed by atoms with Gasteiger partial charge in [-0.2, -0.15) is 5.10 Å². The second-order valence-electron chi connectivity index (χ2n) is 4.63. The van der Waals surface area contributed by atoms with E-state index in [0.717, 1.165) is 23.4 Å². The Morgan fingerprint density at radius 1 is 1.29 bits per heavy atom. The monoisotopic (exact) mass is 282 g/mol. The fraction of sp³-hybridized carbons (Fsp3) is 0.133. The highest BCUT2D eigenvalue weighted by molar-refractivity contribution is 5.87. The van der Waals surface area contributed by atoms with Crippen LogP contribution in [0.4, 0.5) is 5.82 Å². The van der Waals surface area contributed by atoms with Crippen molar-refractivity contribution in [2.24, 2.45) is 0 Å². The number of hydrogen-bond donors (Lipinski definition) is 2. The molecule has 2 aromatic heterocycles. The average molecular weight is 282 g/mol. The maximum atomic E-state index is 10.9. The van der Waals surface area contributed by atoms with Gasteiger partial charge in [0.1, 0.15) is 5.82 Å². The molecule has 3 rings (SSSR count). The van der Waals surface area contributed by atoms with Crippen molar-refractivity contribution < 1.29 is 9.90 Å². The van der Waals surface area contributed by atoms with E-state index >= 15 is 0 Å². The molecule has 2 N–H and O–H groups in total. The first-order valence-electron chi connectivity index (χ1n) is 6.59. The SMILES string of the molecule is O=C(O)c1cccc(CCNc2ccn3nccc3n2)c1. The van der Waals surface area contributed by atoms with Crippen LogP contribution >= 0.6 is 0 Å². The highest BCUT2D eigenvalue weighted by Crippen LogP contribution is 2.08. The van der Waals surface area contributed by atoms with E-state index in [1.165, 1.54) is 0 Å². The Morgan fingerprint density at radius 3 is 3.05 bits per heavy atom. The van der Waals surface area contributed by atoms with E-state index in [4.69, 9.17) is 5.11 Å². The van der Waals surface area contributed by atoms with E-state index in [0.29, 0.717) is 12.1 Å². The third kappa shape index (κ3) is 3.00. The first kappa shape index (κ1) is 13.1. The van der Waals surface area contributed by atoms with Crippen LogP contribution in [0, 0.1) is 0 Å². The zero-order chi connectivity index (χ0) is 14.7. The number of aromatic carboxylic acids is 1. The predicted molar refractivity (Wildman–Crippen MR) is 78.6 cm³/mol. The standard InChI is InChI=1S/C15H14N4O2/c20-15(21)12-3-1-2-11(10-12)4-7-16-13-6-9-19-14(18-13)5-8-17-19/h1-3,5-6,8-10H,4,7H2,(H,16,18)(H,20,21). The average Bonchev–Trinajstić information content (AvgIpc) is 2.95. The molecule has 0 aliphatic heterocycles. The molecule has 0 radical (unpaired) electrons. The quantitative estimate of drug-likeness (QED) is 0.749. The van der Waals surface area contributed by atoms with Crippen LogP contribution in [0.5, 0.6) is 0 Å². The summed E-state index contributed by atoms with van der Waals surface area (Å²) in [7, 11) is 0. The van der Waals surface area contributed by atoms with Crippen molar-refractivity contribution in [2.75, 3.05) is 11.9 Å². The van der Waals surface area contributed by atoms with Crippen molar-refractivity contribution in [3.8, 4) is 0 Å². The Kier molecular flexibility index (Phi) is 3.51. The molecule has 21 heavy (non-hydrogen) atoms. The number of rotatable bonds is 5. The highest BCUT2D eigenvalue weighted by atomic mass is 16.4. The number of carboxylic acid groups (broad SMARTS) is 1. The molecule has 0 atom stereocenters. The van der Waals surface area contributed by atoms with Crippen LogP contribution in [0.3, 0.4) is 0 Å². The maximum absolute atomic E-state index is 10.9. The van der Waals surface area contributed by atoms with Crippen LogP contribution in [0.15, 0.2) is 48.8 Å². The molecule has 106 valence electrons. The lowest BCUT2D eigenvalue weighted by atomic mass is 10.1. The van der Waals surface area contributed by atoms with E-state index in [-0.39, 0.29) is 0 Å². The van der Waals surface area contributed by atoms with Crippen LogP contribution in [0.2, 0.25) is 0 Å². The molecular formula is C15H14N4O2. The molecule has 0 amide bonds. The van der Waals surface area contributed by atoms with E-state index in [2.05, 4.69) is 15.4 Å². The molecule has 0 spiro atoms. The lowest BCUT2D eigenvalue weighted by molar-refractivity contribution is 0.0697. The Labute approximate surface area is 121 Å². The Bertz CT molecular complexity index is 782. The van der Waals surface area contributed by atoms with Gasteiger partial charge in [-0.15, -0.1) is 0 Å². The van der Waals surface area contributed by atoms with Crippen molar-refractivity contribution in [3.63, 3.8) is 0 Å². The van der Waals surface area contributed by atoms with Crippen LogP contribution < -0.4 is 5.32 Å². The first-order chi connectivity index (χ1) is 10.2. The smallest absolute Gasteiger partial charge is 0.335 e. The van der Waals surface area contributed by atoms with E-state index in [9.17, 15) is 4.79 Å². The molecule has 1 aromatic carbocycles. The van der Waals surface area contributed by atoms with E-state index < -0.39 is 5.97 Å². The van der Waals surface area contributed by atoms with Crippen molar-refractivity contribution in [1.29, 1.82) is 0 Å². The van der Waals surface area contributed by atoms with Gasteiger partial charge in [0.2, 0.25) is 0 Å². The Morgan fingerprint density at radius 2 is 2.19 bits per heavy atom. The van der Waals surface area contributed by atoms with Crippen LogP contribution in [-0.2, 0) is 6.42 Å². The molecule has 0 unspecified atom stereocenters. The fourth-order valence-electron chi connectivity index (χ4n) is 2.11. The minimum absolute atomic E-state index is 0.311. The minimum Gasteiger partial charge on any atom is -0.478 e. The molecule has 2 heterocycles. The molecule has 6 heteroatoms. The van der Waals surface area contributed by atoms with Crippen molar-refractivity contribution in [1.82, 2.24) is 14.6 Å². The topological polar surface area (TPSA) is 79.5 Å². The number of anilines is 1. The predicted octanol–water partition coefficient (Wildman–Crippen LogP) is 2.08. The molecule has 0 aliphatic carbocycles. The number of nitrogens with zero attached hydrogens (tertiary/aromatic N) is 3. The van der Waals surface area contributed by atoms with Crippen LogP contribution in [0.1, 0.15) is 15.9 Å². The summed E-state index contributed by atoms with van der Waals surface area (Å²) in [6.45, 7) is 0.681. The number of carbonyl (C=O) groups is 1. The second-order valence-corrected chi connectivity index (χ2v) is 4.63. The van der Waals surface area contributed by atoms with Gasteiger partial charge in [-0.25, -0.2) is 14.3 Å². The van der Waals surface area contributed by atoms with Gasteiger partial charge in [-0.1, -0.05) is 12.1 Å². The van der Waals surface area contributed by atoms with Gasteiger partial charge < -0.3 is 10.4 Å². The summed E-state index contributed by atoms with van der Waals surface area (Å²) < 4.78 is 1.70. The van der Waals surface area contributed by atoms with Gasteiger partial charge >= 0.3 is 5.97 Å². The lowest BCUT2D eigenvalue weighted by Crippen LogP contribution is -2.07. The number of aromatic nitrogens is 3. The van der Waals surface area contributed by atoms with Gasteiger partial charge in [-0.05, 0) is 30.2 Å². The summed E-state index contributed by atoms with van der Waals surface area (Å²) in [5.74, 6) is -0.130. The summed E-state index contributed by atoms with van der Waals surface area (Å²) in [6.07, 6.45) is 4.27. The summed E-state index contributed by atoms with van der Waals surface area (Å²) in [5, 5.41) is 16.3. The highest BCUT2D eigenvalue weighted by Gasteiger charge is 2.03. The van der Waals surface area contributed by atoms with Crippen molar-refractivity contribution >= 4 is 17.4 Å². The van der Waals surface area contributed by atoms with E-state index in [1.54, 1.807) is 28.9 Å². The van der Waals surface area contributed by atoms with E-state index in [1.807, 2.05) is 24.4 Å². The molecule has 3 aromatic rings. The van der Waals surface area contributed by atoms with Crippen LogP contribution in [0.25, 0.3) is 5.65 Å². The Hall–Kier alpha value is -2.89. The zero-order valence-corrected chi connectivity index (χ0v) is 11.2. The summed E-state index contributed by atoms with van der Waals surface area (Å²) in [6, 6.07) is 10.7. The van der Waals surface area contributed by atoms with Crippen LogP contribution in [-0.4, -0.2) is 32.2 Å². The molecule has 6 nitrogen and oxygen atoms in total. The maximum Gasteiger partial charge on any atom is 0.335 e. The third-order valence-corrected chi connectivity index (χ3v) is 3.15. The molecule has 0 fully saturated rings. The first-order valence-corrected chi connectivity index (χ1v) is 6.59. The minimum atomic E-state index is -0.905. The normalized spacial score (nSPS) is 10.7. The number of fused-ring (bicyclic) bond motifs is 1. The van der Waals surface area contributed by atoms with Gasteiger partial charge in [0.25, 0.3) is 0 Å². The number of nitrogens with one attached hydrogen (secondary N) is 1. The summed E-state index contributed by atoms with van der Waals surface area (Å²) in [5.41, 5.74) is 2.08. The molecule has 0 aliphatic rings. The zero-order valence-electron chi connectivity index (χ0n) is 11.2. The number of carboxylic acids is 1. The summed E-state index contributed by atoms with van der Waals surface area (Å²) in [4.78, 5) is 15.3. The second kappa shape index (κ2) is 5.62. The number of benzene rings is 1. The largest absolute Gasteiger partial charge is 0.478 e. The van der Waals surface area contributed by atoms with Crippen molar-refractivity contribution in [3.05, 3.63) is 59.9 Å². The van der Waals surface area contributed by atoms with Crippen molar-refractivity contribution in [2.45, 2.75) is 6.42 Å². The molecule has 0 saturated heterocycles.